The van der Waals surface area contributed by atoms with Gasteiger partial charge in [0.05, 0.1) is 0 Å². The molecule has 0 heterocycles. The average Bonchev–Trinajstić information content (AvgIpc) is 2.92. The molecular weight excluding hydrogens is 579 g/mol. The van der Waals surface area contributed by atoms with Crippen molar-refractivity contribution in [1.82, 2.24) is 0 Å². The minimum absolute atomic E-state index is 0. The van der Waals surface area contributed by atoms with Crippen LogP contribution in [0.1, 0.15) is 20.7 Å². The van der Waals surface area contributed by atoms with Crippen LogP contribution in [-0.2, 0) is 20.2 Å². The summed E-state index contributed by atoms with van der Waals surface area (Å²) in [6.07, 6.45) is 0. The predicted molar refractivity (Wildman–Crippen MR) is 150 cm³/mol. The number of rotatable bonds is 6. The van der Waals surface area contributed by atoms with E-state index in [1.807, 2.05) is 0 Å². The van der Waals surface area contributed by atoms with E-state index in [0.717, 1.165) is 0 Å². The van der Waals surface area contributed by atoms with Crippen molar-refractivity contribution < 1.29 is 65.1 Å². The van der Waals surface area contributed by atoms with Crippen molar-refractivity contribution in [3.63, 3.8) is 0 Å². The third-order valence-electron chi connectivity index (χ3n) is 6.23. The van der Waals surface area contributed by atoms with Crippen molar-refractivity contribution in [2.24, 2.45) is 0 Å². The fraction of sp³-hybridized carbons (Fsp3) is 0. The molecule has 0 spiro atoms. The summed E-state index contributed by atoms with van der Waals surface area (Å²) in [5.41, 5.74) is 1.11. The molecule has 0 aliphatic heterocycles. The van der Waals surface area contributed by atoms with Crippen molar-refractivity contribution in [3.8, 4) is 0 Å². The smallest absolute Gasteiger partial charge is 0.321 e. The quantitative estimate of drug-likeness (QED) is 0.170. The number of fused-ring (bicyclic) bond motifs is 2. The van der Waals surface area contributed by atoms with E-state index in [2.05, 4.69) is 10.6 Å². The molecule has 5 rings (SSSR count). The molecule has 5 aromatic rings. The van der Waals surface area contributed by atoms with Gasteiger partial charge in [-0.05, 0) is 48.5 Å². The summed E-state index contributed by atoms with van der Waals surface area (Å²) >= 11 is 0. The van der Waals surface area contributed by atoms with Crippen LogP contribution in [0, 0.1) is 0 Å². The summed E-state index contributed by atoms with van der Waals surface area (Å²) in [5, 5.41) is 6.75. The summed E-state index contributed by atoms with van der Waals surface area (Å²) in [7, 11) is -8.94. The number of hydrogen-bond acceptors (Lipinski definition) is 6. The molecule has 0 fully saturated rings. The normalized spacial score (nSPS) is 11.6. The standard InChI is InChI=1S/C28H20N2O8S2.Na/c31-27(29-23-13-15-25(39(33,34)35)21-7-3-1-5-19(21)23)17-9-11-18(12-10-17)28(32)30-24-14-16-26(40(36,37)38)22-8-4-2-6-20(22)24;/h1-16H,(H,29,31)(H,30,32)(H,33,34,35)(H,36,37,38);/q;+1. The van der Waals surface area contributed by atoms with E-state index < -0.39 is 32.1 Å². The number of amides is 2. The molecule has 0 bridgehead atoms. The molecule has 0 unspecified atom stereocenters. The summed E-state index contributed by atoms with van der Waals surface area (Å²) in [5.74, 6) is -1.02. The zero-order chi connectivity index (χ0) is 28.7. The molecule has 0 aromatic heterocycles. The van der Waals surface area contributed by atoms with Crippen molar-refractivity contribution in [2.45, 2.75) is 9.79 Å². The Kier molecular flexibility index (Phi) is 8.66. The maximum absolute atomic E-state index is 12.9. The van der Waals surface area contributed by atoms with Gasteiger partial charge in [-0.3, -0.25) is 18.7 Å². The zero-order valence-electron chi connectivity index (χ0n) is 21.4. The Hall–Kier alpha value is -3.62. The molecule has 0 radical (unpaired) electrons. The van der Waals surface area contributed by atoms with Crippen LogP contribution in [0.3, 0.4) is 0 Å². The van der Waals surface area contributed by atoms with E-state index >= 15 is 0 Å². The fourth-order valence-corrected chi connectivity index (χ4v) is 5.76. The SMILES string of the molecule is O=C(Nc1ccc(S(=O)(=O)O)c2ccccc12)c1ccc(C(=O)Nc2ccc(S(=O)(=O)O)c3ccccc23)cc1.[Na+]. The molecule has 13 heteroatoms. The molecule has 4 N–H and O–H groups in total. The summed E-state index contributed by atoms with van der Waals surface area (Å²) in [6, 6.07) is 23.7. The molecule has 0 atom stereocenters. The second kappa shape index (κ2) is 11.7. The number of carbonyl (C=O) groups excluding carboxylic acids is 2. The summed E-state index contributed by atoms with van der Waals surface area (Å²) < 4.78 is 65.9. The van der Waals surface area contributed by atoms with Gasteiger partial charge in [-0.15, -0.1) is 0 Å². The molecule has 0 saturated heterocycles. The molecule has 2 amide bonds. The van der Waals surface area contributed by atoms with Crippen molar-refractivity contribution in [3.05, 3.63) is 108 Å². The molecule has 0 aliphatic rings. The van der Waals surface area contributed by atoms with Crippen molar-refractivity contribution in [1.29, 1.82) is 0 Å². The van der Waals surface area contributed by atoms with Crippen LogP contribution in [-0.4, -0.2) is 37.8 Å². The van der Waals surface area contributed by atoms with E-state index in [1.54, 1.807) is 36.4 Å². The van der Waals surface area contributed by atoms with Crippen molar-refractivity contribution >= 4 is 65.0 Å². The number of anilines is 2. The van der Waals surface area contributed by atoms with E-state index in [0.29, 0.717) is 22.1 Å². The van der Waals surface area contributed by atoms with Gasteiger partial charge in [0, 0.05) is 44.0 Å². The Labute approximate surface area is 257 Å². The second-order valence-electron chi connectivity index (χ2n) is 8.75. The minimum Gasteiger partial charge on any atom is -0.321 e. The molecule has 0 saturated carbocycles. The third-order valence-corrected chi connectivity index (χ3v) is 8.05. The van der Waals surface area contributed by atoms with Gasteiger partial charge >= 0.3 is 29.6 Å². The maximum Gasteiger partial charge on any atom is 1.00 e. The first-order chi connectivity index (χ1) is 18.9. The summed E-state index contributed by atoms with van der Waals surface area (Å²) in [4.78, 5) is 25.3. The van der Waals surface area contributed by atoms with Gasteiger partial charge in [0.25, 0.3) is 32.1 Å². The van der Waals surface area contributed by atoms with E-state index in [9.17, 15) is 35.5 Å². The summed E-state index contributed by atoms with van der Waals surface area (Å²) in [6.45, 7) is 0. The number of nitrogens with one attached hydrogen (secondary N) is 2. The molecule has 41 heavy (non-hydrogen) atoms. The van der Waals surface area contributed by atoms with Crippen LogP contribution in [0.4, 0.5) is 11.4 Å². The number of carbonyl (C=O) groups is 2. The first kappa shape index (κ1) is 30.3. The molecular formula is C28H20N2NaO8S2+. The third kappa shape index (κ3) is 6.34. The van der Waals surface area contributed by atoms with E-state index in [4.69, 9.17) is 0 Å². The Balaban J connectivity index is 0.00000387. The van der Waals surface area contributed by atoms with Gasteiger partial charge in [-0.2, -0.15) is 16.8 Å². The number of hydrogen-bond donors (Lipinski definition) is 4. The van der Waals surface area contributed by atoms with E-state index in [-0.39, 0.29) is 61.2 Å². The van der Waals surface area contributed by atoms with Gasteiger partial charge in [-0.25, -0.2) is 0 Å². The maximum atomic E-state index is 12.9. The molecule has 5 aromatic carbocycles. The fourth-order valence-electron chi connectivity index (χ4n) is 4.37. The Morgan fingerprint density at radius 3 is 1.12 bits per heavy atom. The molecule has 10 nitrogen and oxygen atoms in total. The van der Waals surface area contributed by atoms with E-state index in [1.165, 1.54) is 60.7 Å². The predicted octanol–water partition coefficient (Wildman–Crippen LogP) is 1.99. The first-order valence-electron chi connectivity index (χ1n) is 11.6. The van der Waals surface area contributed by atoms with Gasteiger partial charge in [-0.1, -0.05) is 48.5 Å². The van der Waals surface area contributed by atoms with Crippen LogP contribution in [0.5, 0.6) is 0 Å². The van der Waals surface area contributed by atoms with Crippen LogP contribution < -0.4 is 40.2 Å². The topological polar surface area (TPSA) is 167 Å². The Morgan fingerprint density at radius 1 is 0.488 bits per heavy atom. The van der Waals surface area contributed by atoms with Crippen LogP contribution in [0.15, 0.2) is 107 Å². The van der Waals surface area contributed by atoms with Crippen LogP contribution in [0.25, 0.3) is 21.5 Å². The largest absolute Gasteiger partial charge is 1.00 e. The average molecular weight is 600 g/mol. The molecule has 0 aliphatic carbocycles. The second-order valence-corrected chi connectivity index (χ2v) is 11.5. The Morgan fingerprint density at radius 2 is 0.805 bits per heavy atom. The van der Waals surface area contributed by atoms with Gasteiger partial charge in [0.1, 0.15) is 9.79 Å². The van der Waals surface area contributed by atoms with Gasteiger partial charge < -0.3 is 10.6 Å². The van der Waals surface area contributed by atoms with Crippen LogP contribution in [0.2, 0.25) is 0 Å². The minimum atomic E-state index is -4.47. The van der Waals surface area contributed by atoms with Crippen molar-refractivity contribution in [2.75, 3.05) is 10.6 Å². The van der Waals surface area contributed by atoms with Crippen LogP contribution >= 0.6 is 0 Å². The number of benzene rings is 5. The van der Waals surface area contributed by atoms with Gasteiger partial charge in [0.15, 0.2) is 0 Å². The Bertz CT molecular complexity index is 1900. The first-order valence-corrected chi connectivity index (χ1v) is 14.5. The molecule has 202 valence electrons. The zero-order valence-corrected chi connectivity index (χ0v) is 25.0. The monoisotopic (exact) mass is 599 g/mol. The van der Waals surface area contributed by atoms with Gasteiger partial charge in [0.2, 0.25) is 0 Å².